The molecule has 0 radical (unpaired) electrons. The molecule has 0 amide bonds. The molecule has 2 aromatic heterocycles. The second-order valence-corrected chi connectivity index (χ2v) is 5.33. The van der Waals surface area contributed by atoms with Gasteiger partial charge in [-0.1, -0.05) is 48.6 Å². The Hall–Kier alpha value is -2.05. The van der Waals surface area contributed by atoms with Crippen LogP contribution in [0.3, 0.4) is 0 Å². The van der Waals surface area contributed by atoms with Gasteiger partial charge in [0.15, 0.2) is 5.01 Å². The molecule has 0 saturated carbocycles. The molecule has 0 aliphatic heterocycles. The molecule has 0 spiro atoms. The summed E-state index contributed by atoms with van der Waals surface area (Å²) in [7, 11) is 0. The molecule has 0 aliphatic rings. The molecular weight excluding hydrogens is 270 g/mol. The zero-order valence-electron chi connectivity index (χ0n) is 11.1. The average molecular weight is 285 g/mol. The van der Waals surface area contributed by atoms with Gasteiger partial charge in [0.2, 0.25) is 0 Å². The molecule has 20 heavy (non-hydrogen) atoms. The third-order valence-corrected chi connectivity index (χ3v) is 3.98. The predicted molar refractivity (Wildman–Crippen MR) is 79.5 cm³/mol. The van der Waals surface area contributed by atoms with Crippen LogP contribution in [-0.2, 0) is 0 Å². The first-order chi connectivity index (χ1) is 9.88. The van der Waals surface area contributed by atoms with Gasteiger partial charge in [-0.05, 0) is 18.2 Å². The molecule has 6 heteroatoms. The topological polar surface area (TPSA) is 66.5 Å². The van der Waals surface area contributed by atoms with Crippen molar-refractivity contribution in [2.75, 3.05) is 6.54 Å². The summed E-state index contributed by atoms with van der Waals surface area (Å²) >= 11 is 1.58. The van der Waals surface area contributed by atoms with E-state index in [9.17, 15) is 0 Å². The summed E-state index contributed by atoms with van der Waals surface area (Å²) in [6.45, 7) is 2.96. The summed E-state index contributed by atoms with van der Waals surface area (Å²) in [5.41, 5.74) is 2.10. The highest BCUT2D eigenvalue weighted by Gasteiger charge is 2.18. The smallest absolute Gasteiger partial charge is 0.165 e. The third-order valence-electron chi connectivity index (χ3n) is 2.96. The van der Waals surface area contributed by atoms with Crippen LogP contribution in [0.15, 0.2) is 42.6 Å². The Morgan fingerprint density at radius 1 is 1.20 bits per heavy atom. The van der Waals surface area contributed by atoms with Gasteiger partial charge in [0, 0.05) is 6.20 Å². The van der Waals surface area contributed by atoms with Gasteiger partial charge in [-0.15, -0.1) is 10.2 Å². The number of nitrogens with zero attached hydrogens (tertiary/aromatic N) is 3. The van der Waals surface area contributed by atoms with Gasteiger partial charge in [-0.25, -0.2) is 0 Å². The van der Waals surface area contributed by atoms with E-state index in [1.165, 1.54) is 5.56 Å². The van der Waals surface area contributed by atoms with Crippen molar-refractivity contribution in [1.29, 1.82) is 0 Å². The van der Waals surface area contributed by atoms with Crippen LogP contribution < -0.4 is 5.32 Å². The van der Waals surface area contributed by atoms with E-state index in [1.54, 1.807) is 17.5 Å². The number of aromatic nitrogens is 4. The normalized spacial score (nSPS) is 12.4. The maximum Gasteiger partial charge on any atom is 0.165 e. The molecule has 3 rings (SSSR count). The lowest BCUT2D eigenvalue weighted by Crippen LogP contribution is -2.21. The Morgan fingerprint density at radius 3 is 2.75 bits per heavy atom. The molecule has 102 valence electrons. The summed E-state index contributed by atoms with van der Waals surface area (Å²) in [5.74, 6) is 0. The van der Waals surface area contributed by atoms with Crippen LogP contribution in [0.1, 0.15) is 23.5 Å². The van der Waals surface area contributed by atoms with Crippen LogP contribution in [-0.4, -0.2) is 26.9 Å². The minimum Gasteiger partial charge on any atom is -0.304 e. The molecule has 0 saturated heterocycles. The molecule has 3 aromatic rings. The van der Waals surface area contributed by atoms with Crippen LogP contribution in [0.25, 0.3) is 10.7 Å². The Labute approximate surface area is 121 Å². The van der Waals surface area contributed by atoms with Gasteiger partial charge in [-0.3, -0.25) is 5.10 Å². The SMILES string of the molecule is CCNC(c1ccccc1)c1nnc(-c2ccn[nH]2)s1. The van der Waals surface area contributed by atoms with E-state index >= 15 is 0 Å². The number of H-pyrrole nitrogens is 1. The maximum atomic E-state index is 4.33. The van der Waals surface area contributed by atoms with E-state index in [-0.39, 0.29) is 6.04 Å². The fourth-order valence-electron chi connectivity index (χ4n) is 2.03. The monoisotopic (exact) mass is 285 g/mol. The summed E-state index contributed by atoms with van der Waals surface area (Å²) in [6.07, 6.45) is 1.72. The molecule has 1 aromatic carbocycles. The molecule has 2 N–H and O–H groups in total. The van der Waals surface area contributed by atoms with Crippen molar-refractivity contribution in [3.63, 3.8) is 0 Å². The number of rotatable bonds is 5. The minimum atomic E-state index is 0.0790. The lowest BCUT2D eigenvalue weighted by molar-refractivity contribution is 0.621. The summed E-state index contributed by atoms with van der Waals surface area (Å²) < 4.78 is 0. The number of hydrogen-bond donors (Lipinski definition) is 2. The molecule has 0 aliphatic carbocycles. The first-order valence-corrected chi connectivity index (χ1v) is 7.31. The lowest BCUT2D eigenvalue weighted by Gasteiger charge is -2.14. The van der Waals surface area contributed by atoms with Crippen LogP contribution in [0, 0.1) is 0 Å². The number of benzene rings is 1. The molecule has 2 heterocycles. The fraction of sp³-hybridized carbons (Fsp3) is 0.214. The standard InChI is InChI=1S/C14H15N5S/c1-2-15-12(10-6-4-3-5-7-10)14-19-18-13(20-14)11-8-9-16-17-11/h3-9,12,15H,2H2,1H3,(H,16,17). The van der Waals surface area contributed by atoms with Gasteiger partial charge in [0.1, 0.15) is 5.01 Å². The maximum absolute atomic E-state index is 4.33. The van der Waals surface area contributed by atoms with E-state index < -0.39 is 0 Å². The van der Waals surface area contributed by atoms with Gasteiger partial charge in [0.25, 0.3) is 0 Å². The second-order valence-electron chi connectivity index (χ2n) is 4.32. The highest BCUT2D eigenvalue weighted by atomic mass is 32.1. The van der Waals surface area contributed by atoms with E-state index in [2.05, 4.69) is 44.8 Å². The predicted octanol–water partition coefficient (Wildman–Crippen LogP) is 2.63. The highest BCUT2D eigenvalue weighted by Crippen LogP contribution is 2.28. The van der Waals surface area contributed by atoms with Crippen molar-refractivity contribution in [1.82, 2.24) is 25.7 Å². The first-order valence-electron chi connectivity index (χ1n) is 6.50. The second kappa shape index (κ2) is 5.94. The van der Waals surface area contributed by atoms with Crippen molar-refractivity contribution in [3.05, 3.63) is 53.2 Å². The van der Waals surface area contributed by atoms with Crippen LogP contribution in [0.5, 0.6) is 0 Å². The van der Waals surface area contributed by atoms with Crippen molar-refractivity contribution >= 4 is 11.3 Å². The van der Waals surface area contributed by atoms with Crippen LogP contribution in [0.4, 0.5) is 0 Å². The molecule has 0 fully saturated rings. The molecule has 0 bridgehead atoms. The van der Waals surface area contributed by atoms with Crippen molar-refractivity contribution in [2.45, 2.75) is 13.0 Å². The van der Waals surface area contributed by atoms with Crippen molar-refractivity contribution < 1.29 is 0 Å². The molecule has 1 unspecified atom stereocenters. The van der Waals surface area contributed by atoms with E-state index in [0.717, 1.165) is 22.3 Å². The van der Waals surface area contributed by atoms with Crippen LogP contribution in [0.2, 0.25) is 0 Å². The van der Waals surface area contributed by atoms with Crippen molar-refractivity contribution in [2.24, 2.45) is 0 Å². The zero-order chi connectivity index (χ0) is 13.8. The Balaban J connectivity index is 1.92. The summed E-state index contributed by atoms with van der Waals surface area (Å²) in [4.78, 5) is 0. The molecule has 1 atom stereocenters. The Bertz CT molecular complexity index is 647. The molecular formula is C14H15N5S. The van der Waals surface area contributed by atoms with E-state index in [0.29, 0.717) is 0 Å². The van der Waals surface area contributed by atoms with E-state index in [4.69, 9.17) is 0 Å². The van der Waals surface area contributed by atoms with Crippen LogP contribution >= 0.6 is 11.3 Å². The number of hydrogen-bond acceptors (Lipinski definition) is 5. The van der Waals surface area contributed by atoms with Gasteiger partial charge in [-0.2, -0.15) is 5.10 Å². The fourth-order valence-corrected chi connectivity index (χ4v) is 2.95. The number of aromatic amines is 1. The van der Waals surface area contributed by atoms with Gasteiger partial charge in [0.05, 0.1) is 11.7 Å². The average Bonchev–Trinajstić information content (AvgIpc) is 3.16. The Morgan fingerprint density at radius 2 is 2.05 bits per heavy atom. The van der Waals surface area contributed by atoms with Gasteiger partial charge < -0.3 is 5.32 Å². The summed E-state index contributed by atoms with van der Waals surface area (Å²) in [6, 6.07) is 12.3. The molecule has 5 nitrogen and oxygen atoms in total. The third kappa shape index (κ3) is 2.61. The zero-order valence-corrected chi connectivity index (χ0v) is 11.9. The Kier molecular flexibility index (Phi) is 3.85. The number of nitrogens with one attached hydrogen (secondary N) is 2. The largest absolute Gasteiger partial charge is 0.304 e. The first kappa shape index (κ1) is 13.0. The summed E-state index contributed by atoms with van der Waals surface area (Å²) in [5, 5.41) is 20.7. The van der Waals surface area contributed by atoms with E-state index in [1.807, 2.05) is 24.3 Å². The minimum absolute atomic E-state index is 0.0790. The highest BCUT2D eigenvalue weighted by molar-refractivity contribution is 7.14. The van der Waals surface area contributed by atoms with Crippen molar-refractivity contribution in [3.8, 4) is 10.7 Å². The van der Waals surface area contributed by atoms with Gasteiger partial charge >= 0.3 is 0 Å². The lowest BCUT2D eigenvalue weighted by atomic mass is 10.1. The quantitative estimate of drug-likeness (QED) is 0.756.